The molecule has 122 valence electrons. The fourth-order valence-corrected chi connectivity index (χ4v) is 1.82. The molecule has 0 heterocycles. The molecule has 2 N–H and O–H groups in total. The normalized spacial score (nSPS) is 12.5. The first-order valence-electron chi connectivity index (χ1n) is 7.39. The predicted octanol–water partition coefficient (Wildman–Crippen LogP) is 2.07. The third kappa shape index (κ3) is 8.22. The Bertz CT molecular complexity index is 374. The first kappa shape index (κ1) is 19.3. The zero-order valence-electron chi connectivity index (χ0n) is 14.2. The molecule has 0 aliphatic heterocycles. The molecule has 0 aromatic carbocycles. The highest BCUT2D eigenvalue weighted by Crippen LogP contribution is 2.01. The highest BCUT2D eigenvalue weighted by atomic mass is 16.6. The summed E-state index contributed by atoms with van der Waals surface area (Å²) < 4.78 is 5.21. The summed E-state index contributed by atoms with van der Waals surface area (Å²) in [5, 5.41) is 0. The molecule has 21 heavy (non-hydrogen) atoms. The molecule has 1 amide bonds. The second-order valence-electron chi connectivity index (χ2n) is 5.26. The van der Waals surface area contributed by atoms with E-state index in [1.807, 2.05) is 45.7 Å². The number of rotatable bonds is 7. The molecule has 0 aliphatic carbocycles. The molecule has 0 unspecified atom stereocenters. The van der Waals surface area contributed by atoms with Gasteiger partial charge in [-0.25, -0.2) is 4.79 Å². The van der Waals surface area contributed by atoms with Crippen molar-refractivity contribution in [2.24, 2.45) is 10.7 Å². The van der Waals surface area contributed by atoms with Crippen LogP contribution in [0.25, 0.3) is 0 Å². The van der Waals surface area contributed by atoms with E-state index in [-0.39, 0.29) is 12.2 Å². The SMILES string of the molecule is CCN(CCCN(C)C(/C=C(/C)N)=N/C)C(=O)OC(C)C. The van der Waals surface area contributed by atoms with Crippen LogP contribution in [0.4, 0.5) is 4.79 Å². The zero-order valence-corrected chi connectivity index (χ0v) is 14.2. The van der Waals surface area contributed by atoms with Crippen molar-refractivity contribution in [3.63, 3.8) is 0 Å². The molecule has 0 spiro atoms. The van der Waals surface area contributed by atoms with Gasteiger partial charge in [-0.05, 0) is 40.2 Å². The lowest BCUT2D eigenvalue weighted by atomic mass is 10.3. The molecule has 0 aromatic rings. The second-order valence-corrected chi connectivity index (χ2v) is 5.26. The van der Waals surface area contributed by atoms with Crippen LogP contribution in [0.5, 0.6) is 0 Å². The monoisotopic (exact) mass is 298 g/mol. The fraction of sp³-hybridized carbons (Fsp3) is 0.733. The van der Waals surface area contributed by atoms with Crippen LogP contribution in [0.15, 0.2) is 16.8 Å². The van der Waals surface area contributed by atoms with E-state index < -0.39 is 0 Å². The average molecular weight is 298 g/mol. The smallest absolute Gasteiger partial charge is 0.410 e. The minimum Gasteiger partial charge on any atom is -0.447 e. The third-order valence-electron chi connectivity index (χ3n) is 2.87. The highest BCUT2D eigenvalue weighted by molar-refractivity contribution is 5.93. The van der Waals surface area contributed by atoms with Crippen LogP contribution in [0.1, 0.15) is 34.1 Å². The summed E-state index contributed by atoms with van der Waals surface area (Å²) in [6, 6.07) is 0. The number of amidine groups is 1. The van der Waals surface area contributed by atoms with Crippen LogP contribution in [0.3, 0.4) is 0 Å². The van der Waals surface area contributed by atoms with Gasteiger partial charge < -0.3 is 20.3 Å². The molecule has 0 bridgehead atoms. The molecule has 0 radical (unpaired) electrons. The summed E-state index contributed by atoms with van der Waals surface area (Å²) in [6.45, 7) is 9.59. The lowest BCUT2D eigenvalue weighted by Crippen LogP contribution is -2.36. The van der Waals surface area contributed by atoms with E-state index in [0.29, 0.717) is 13.1 Å². The predicted molar refractivity (Wildman–Crippen MR) is 87.4 cm³/mol. The summed E-state index contributed by atoms with van der Waals surface area (Å²) in [5.41, 5.74) is 6.40. The average Bonchev–Trinajstić information content (AvgIpc) is 2.39. The summed E-state index contributed by atoms with van der Waals surface area (Å²) in [7, 11) is 3.70. The Kier molecular flexibility index (Phi) is 9.25. The maximum absolute atomic E-state index is 11.8. The van der Waals surface area contributed by atoms with E-state index in [1.165, 1.54) is 0 Å². The molecule has 0 atom stereocenters. The van der Waals surface area contributed by atoms with E-state index in [2.05, 4.69) is 4.99 Å². The lowest BCUT2D eigenvalue weighted by Gasteiger charge is -2.24. The minimum atomic E-state index is -0.253. The van der Waals surface area contributed by atoms with Crippen LogP contribution < -0.4 is 5.73 Å². The lowest BCUT2D eigenvalue weighted by molar-refractivity contribution is 0.0777. The van der Waals surface area contributed by atoms with Crippen LogP contribution >= 0.6 is 0 Å². The quantitative estimate of drug-likeness (QED) is 0.577. The highest BCUT2D eigenvalue weighted by Gasteiger charge is 2.14. The topological polar surface area (TPSA) is 71.2 Å². The Morgan fingerprint density at radius 3 is 2.43 bits per heavy atom. The Balaban J connectivity index is 4.33. The van der Waals surface area contributed by atoms with Gasteiger partial charge in [0.2, 0.25) is 0 Å². The largest absolute Gasteiger partial charge is 0.447 e. The van der Waals surface area contributed by atoms with Crippen LogP contribution in [-0.2, 0) is 4.74 Å². The van der Waals surface area contributed by atoms with Crippen molar-refractivity contribution in [1.82, 2.24) is 9.80 Å². The van der Waals surface area contributed by atoms with Gasteiger partial charge in [-0.2, -0.15) is 0 Å². The second kappa shape index (κ2) is 10.1. The summed E-state index contributed by atoms with van der Waals surface area (Å²) in [5.74, 6) is 0.836. The third-order valence-corrected chi connectivity index (χ3v) is 2.87. The van der Waals surface area contributed by atoms with E-state index in [9.17, 15) is 4.79 Å². The van der Waals surface area contributed by atoms with Gasteiger partial charge in [0.15, 0.2) is 0 Å². The van der Waals surface area contributed by atoms with Gasteiger partial charge in [0, 0.05) is 39.4 Å². The Hall–Kier alpha value is -1.72. The van der Waals surface area contributed by atoms with Crippen molar-refractivity contribution < 1.29 is 9.53 Å². The number of nitrogens with zero attached hydrogens (tertiary/aromatic N) is 3. The summed E-state index contributed by atoms with van der Waals surface area (Å²) in [6.07, 6.45) is 2.33. The Morgan fingerprint density at radius 2 is 2.00 bits per heavy atom. The number of allylic oxidation sites excluding steroid dienone is 1. The number of nitrogens with two attached hydrogens (primary N) is 1. The number of aliphatic imine (C=N–C) groups is 1. The van der Waals surface area contributed by atoms with Gasteiger partial charge in [-0.1, -0.05) is 0 Å². The van der Waals surface area contributed by atoms with Crippen molar-refractivity contribution in [3.05, 3.63) is 11.8 Å². The molecule has 6 heteroatoms. The molecular formula is C15H30N4O2. The van der Waals surface area contributed by atoms with Crippen LogP contribution in [-0.4, -0.2) is 61.6 Å². The molecule has 0 saturated carbocycles. The number of carbonyl (C=O) groups excluding carboxylic acids is 1. The van der Waals surface area contributed by atoms with Crippen molar-refractivity contribution in [3.8, 4) is 0 Å². The summed E-state index contributed by atoms with van der Waals surface area (Å²) >= 11 is 0. The fourth-order valence-electron chi connectivity index (χ4n) is 1.82. The van der Waals surface area contributed by atoms with Crippen LogP contribution in [0, 0.1) is 0 Å². The molecule has 0 fully saturated rings. The van der Waals surface area contributed by atoms with E-state index >= 15 is 0 Å². The van der Waals surface area contributed by atoms with Gasteiger partial charge in [-0.15, -0.1) is 0 Å². The van der Waals surface area contributed by atoms with E-state index in [0.717, 1.165) is 24.5 Å². The number of ether oxygens (including phenoxy) is 1. The van der Waals surface area contributed by atoms with Gasteiger partial charge in [-0.3, -0.25) is 4.99 Å². The van der Waals surface area contributed by atoms with E-state index in [1.54, 1.807) is 11.9 Å². The first-order valence-corrected chi connectivity index (χ1v) is 7.39. The van der Waals surface area contributed by atoms with Crippen molar-refractivity contribution in [2.75, 3.05) is 33.7 Å². The Morgan fingerprint density at radius 1 is 1.38 bits per heavy atom. The maximum atomic E-state index is 11.8. The number of hydrogen-bond donors (Lipinski definition) is 1. The number of hydrogen-bond acceptors (Lipinski definition) is 4. The van der Waals surface area contributed by atoms with Crippen molar-refractivity contribution in [1.29, 1.82) is 0 Å². The molecule has 0 saturated heterocycles. The van der Waals surface area contributed by atoms with Gasteiger partial charge in [0.25, 0.3) is 0 Å². The molecule has 6 nitrogen and oxygen atoms in total. The number of likely N-dealkylation sites (N-methyl/N-ethyl adjacent to an activating group) is 1. The first-order chi connectivity index (χ1) is 9.81. The van der Waals surface area contributed by atoms with E-state index in [4.69, 9.17) is 10.5 Å². The molecule has 0 aliphatic rings. The standard InChI is InChI=1S/C15H30N4O2/c1-7-19(15(20)21-12(2)3)10-8-9-18(6)14(17-5)11-13(4)16/h11-12H,7-10,16H2,1-6H3/b13-11-,17-14+. The maximum Gasteiger partial charge on any atom is 0.410 e. The van der Waals surface area contributed by atoms with Crippen molar-refractivity contribution in [2.45, 2.75) is 40.2 Å². The van der Waals surface area contributed by atoms with Gasteiger partial charge in [0.1, 0.15) is 5.84 Å². The van der Waals surface area contributed by atoms with Crippen molar-refractivity contribution >= 4 is 11.9 Å². The van der Waals surface area contributed by atoms with Gasteiger partial charge in [0.05, 0.1) is 6.10 Å². The van der Waals surface area contributed by atoms with Crippen LogP contribution in [0.2, 0.25) is 0 Å². The molecule has 0 aromatic heterocycles. The van der Waals surface area contributed by atoms with Gasteiger partial charge >= 0.3 is 6.09 Å². The molecule has 0 rings (SSSR count). The number of amides is 1. The number of carbonyl (C=O) groups is 1. The Labute approximate surface area is 128 Å². The zero-order chi connectivity index (χ0) is 16.4. The minimum absolute atomic E-state index is 0.0919. The molecular weight excluding hydrogens is 268 g/mol. The summed E-state index contributed by atoms with van der Waals surface area (Å²) in [4.78, 5) is 19.8.